The van der Waals surface area contributed by atoms with Crippen LogP contribution in [0.15, 0.2) is 0 Å². The van der Waals surface area contributed by atoms with Crippen LogP contribution in [0, 0.1) is 5.92 Å². The quantitative estimate of drug-likeness (QED) is 0.757. The molecule has 0 aromatic heterocycles. The molecule has 0 atom stereocenters. The molecule has 1 saturated heterocycles. The normalized spacial score (nSPS) is 20.8. The highest BCUT2D eigenvalue weighted by molar-refractivity contribution is 4.95. The van der Waals surface area contributed by atoms with E-state index >= 15 is 0 Å². The molecule has 3 heteroatoms. The van der Waals surface area contributed by atoms with Gasteiger partial charge in [0.2, 0.25) is 0 Å². The summed E-state index contributed by atoms with van der Waals surface area (Å²) < 4.78 is 0. The van der Waals surface area contributed by atoms with E-state index in [1.807, 2.05) is 0 Å². The lowest BCUT2D eigenvalue weighted by atomic mass is 9.85. The monoisotopic (exact) mass is 255 g/mol. The van der Waals surface area contributed by atoms with E-state index in [0.717, 1.165) is 12.5 Å². The lowest BCUT2D eigenvalue weighted by Crippen LogP contribution is -2.58. The van der Waals surface area contributed by atoms with Gasteiger partial charge in [-0.25, -0.2) is 0 Å². The molecule has 0 aromatic carbocycles. The first kappa shape index (κ1) is 15.9. The van der Waals surface area contributed by atoms with Crippen LogP contribution < -0.4 is 5.73 Å². The zero-order valence-electron chi connectivity index (χ0n) is 12.9. The van der Waals surface area contributed by atoms with Gasteiger partial charge in [0.25, 0.3) is 0 Å². The summed E-state index contributed by atoms with van der Waals surface area (Å²) in [4.78, 5) is 5.13. The molecule has 0 aliphatic carbocycles. The molecule has 0 aromatic rings. The van der Waals surface area contributed by atoms with Crippen molar-refractivity contribution in [2.45, 2.75) is 52.0 Å². The van der Waals surface area contributed by atoms with Gasteiger partial charge in [0.1, 0.15) is 0 Å². The van der Waals surface area contributed by atoms with Gasteiger partial charge in [-0.1, -0.05) is 27.2 Å². The summed E-state index contributed by atoms with van der Waals surface area (Å²) in [5.74, 6) is 0.771. The number of nitrogens with two attached hydrogens (primary N) is 1. The lowest BCUT2D eigenvalue weighted by Gasteiger charge is -2.47. The van der Waals surface area contributed by atoms with Crippen molar-refractivity contribution < 1.29 is 0 Å². The van der Waals surface area contributed by atoms with Crippen molar-refractivity contribution in [3.63, 3.8) is 0 Å². The van der Waals surface area contributed by atoms with E-state index in [9.17, 15) is 0 Å². The van der Waals surface area contributed by atoms with Gasteiger partial charge in [-0.05, 0) is 51.9 Å². The van der Waals surface area contributed by atoms with Crippen molar-refractivity contribution in [1.82, 2.24) is 9.80 Å². The van der Waals surface area contributed by atoms with E-state index in [4.69, 9.17) is 5.73 Å². The van der Waals surface area contributed by atoms with Crippen LogP contribution in [0.1, 0.15) is 46.5 Å². The number of nitrogens with zero attached hydrogens (tertiary/aromatic N) is 2. The first-order valence-electron chi connectivity index (χ1n) is 7.67. The first-order chi connectivity index (χ1) is 8.54. The van der Waals surface area contributed by atoms with Crippen LogP contribution in [0.5, 0.6) is 0 Å². The van der Waals surface area contributed by atoms with Gasteiger partial charge < -0.3 is 10.6 Å². The number of likely N-dealkylation sites (tertiary alicyclic amines) is 1. The second-order valence-electron chi connectivity index (χ2n) is 6.40. The highest BCUT2D eigenvalue weighted by Crippen LogP contribution is 2.27. The molecule has 1 fully saturated rings. The smallest absolute Gasteiger partial charge is 0.0353 e. The Morgan fingerprint density at radius 2 is 1.89 bits per heavy atom. The largest absolute Gasteiger partial charge is 0.329 e. The maximum Gasteiger partial charge on any atom is 0.0353 e. The first-order valence-corrected chi connectivity index (χ1v) is 7.67. The zero-order valence-corrected chi connectivity index (χ0v) is 12.9. The Balaban J connectivity index is 2.48. The van der Waals surface area contributed by atoms with Crippen molar-refractivity contribution in [1.29, 1.82) is 0 Å². The van der Waals surface area contributed by atoms with Crippen molar-refractivity contribution >= 4 is 0 Å². The number of rotatable bonds is 7. The fourth-order valence-corrected chi connectivity index (χ4v) is 3.04. The Kier molecular flexibility index (Phi) is 6.61. The van der Waals surface area contributed by atoms with E-state index < -0.39 is 0 Å². The SMILES string of the molecule is CCCCN(C)C1(CN)CCN(CC(C)C)CC1. The van der Waals surface area contributed by atoms with Gasteiger partial charge in [-0.2, -0.15) is 0 Å². The summed E-state index contributed by atoms with van der Waals surface area (Å²) in [6.07, 6.45) is 5.02. The maximum absolute atomic E-state index is 6.10. The minimum absolute atomic E-state index is 0.267. The average Bonchev–Trinajstić information content (AvgIpc) is 2.36. The topological polar surface area (TPSA) is 32.5 Å². The van der Waals surface area contributed by atoms with Crippen molar-refractivity contribution in [3.8, 4) is 0 Å². The van der Waals surface area contributed by atoms with Crippen LogP contribution >= 0.6 is 0 Å². The van der Waals surface area contributed by atoms with Crippen molar-refractivity contribution in [3.05, 3.63) is 0 Å². The average molecular weight is 255 g/mol. The van der Waals surface area contributed by atoms with Gasteiger partial charge in [-0.3, -0.25) is 4.90 Å². The molecule has 0 spiro atoms. The van der Waals surface area contributed by atoms with E-state index in [2.05, 4.69) is 37.6 Å². The van der Waals surface area contributed by atoms with Crippen LogP contribution in [0.2, 0.25) is 0 Å². The Morgan fingerprint density at radius 1 is 1.28 bits per heavy atom. The molecule has 18 heavy (non-hydrogen) atoms. The third kappa shape index (κ3) is 4.22. The molecule has 0 saturated carbocycles. The third-order valence-corrected chi connectivity index (χ3v) is 4.45. The molecular weight excluding hydrogens is 222 g/mol. The Labute approximate surface area is 114 Å². The lowest BCUT2D eigenvalue weighted by molar-refractivity contribution is 0.0406. The Bertz CT molecular complexity index is 220. The summed E-state index contributed by atoms with van der Waals surface area (Å²) in [5, 5.41) is 0. The molecule has 1 aliphatic rings. The second-order valence-corrected chi connectivity index (χ2v) is 6.40. The highest BCUT2D eigenvalue weighted by atomic mass is 15.2. The molecule has 0 amide bonds. The fraction of sp³-hybridized carbons (Fsp3) is 1.00. The minimum Gasteiger partial charge on any atom is -0.329 e. The number of likely N-dealkylation sites (N-methyl/N-ethyl adjacent to an activating group) is 1. The second kappa shape index (κ2) is 7.46. The molecule has 1 aliphatic heterocycles. The van der Waals surface area contributed by atoms with Gasteiger partial charge in [0, 0.05) is 18.6 Å². The van der Waals surface area contributed by atoms with E-state index in [0.29, 0.717) is 0 Å². The summed E-state index contributed by atoms with van der Waals surface area (Å²) in [7, 11) is 2.26. The third-order valence-electron chi connectivity index (χ3n) is 4.45. The van der Waals surface area contributed by atoms with Crippen LogP contribution in [0.3, 0.4) is 0 Å². The molecule has 108 valence electrons. The molecule has 1 heterocycles. The zero-order chi connectivity index (χ0) is 13.6. The summed E-state index contributed by atoms with van der Waals surface area (Å²) in [5.41, 5.74) is 6.36. The number of piperidine rings is 1. The molecule has 3 nitrogen and oxygen atoms in total. The fourth-order valence-electron chi connectivity index (χ4n) is 3.04. The number of unbranched alkanes of at least 4 members (excludes halogenated alkanes) is 1. The predicted octanol–water partition coefficient (Wildman–Crippen LogP) is 2.17. The van der Waals surface area contributed by atoms with Crippen LogP contribution in [-0.2, 0) is 0 Å². The summed E-state index contributed by atoms with van der Waals surface area (Å²) >= 11 is 0. The number of hydrogen-bond acceptors (Lipinski definition) is 3. The molecule has 0 radical (unpaired) electrons. The molecule has 1 rings (SSSR count). The van der Waals surface area contributed by atoms with Gasteiger partial charge in [-0.15, -0.1) is 0 Å². The highest BCUT2D eigenvalue weighted by Gasteiger charge is 2.36. The summed E-state index contributed by atoms with van der Waals surface area (Å²) in [6, 6.07) is 0. The minimum atomic E-state index is 0.267. The molecule has 0 bridgehead atoms. The van der Waals surface area contributed by atoms with E-state index in [1.54, 1.807) is 0 Å². The van der Waals surface area contributed by atoms with Crippen LogP contribution in [0.25, 0.3) is 0 Å². The van der Waals surface area contributed by atoms with Crippen LogP contribution in [-0.4, -0.2) is 55.1 Å². The Hall–Kier alpha value is -0.120. The van der Waals surface area contributed by atoms with Gasteiger partial charge in [0.05, 0.1) is 0 Å². The molecule has 2 N–H and O–H groups in total. The number of hydrogen-bond donors (Lipinski definition) is 1. The van der Waals surface area contributed by atoms with Gasteiger partial charge >= 0.3 is 0 Å². The van der Waals surface area contributed by atoms with E-state index in [-0.39, 0.29) is 5.54 Å². The maximum atomic E-state index is 6.10. The van der Waals surface area contributed by atoms with Crippen molar-refractivity contribution in [2.24, 2.45) is 11.7 Å². The molecular formula is C15H33N3. The molecule has 0 unspecified atom stereocenters. The van der Waals surface area contributed by atoms with Crippen molar-refractivity contribution in [2.75, 3.05) is 39.8 Å². The Morgan fingerprint density at radius 3 is 2.33 bits per heavy atom. The van der Waals surface area contributed by atoms with E-state index in [1.165, 1.54) is 51.9 Å². The van der Waals surface area contributed by atoms with Gasteiger partial charge in [0.15, 0.2) is 0 Å². The van der Waals surface area contributed by atoms with Crippen LogP contribution in [0.4, 0.5) is 0 Å². The predicted molar refractivity (Wildman–Crippen MR) is 79.8 cm³/mol. The standard InChI is InChI=1S/C15H33N3/c1-5-6-9-17(4)15(13-16)7-10-18(11-8-15)12-14(2)3/h14H,5-13,16H2,1-4H3. The summed E-state index contributed by atoms with van der Waals surface area (Å²) in [6.45, 7) is 12.5.